The predicted molar refractivity (Wildman–Crippen MR) is 95.9 cm³/mol. The number of hydrogen-bond donors (Lipinski definition) is 0. The maximum Gasteiger partial charge on any atom is 0.267 e. The normalized spacial score (nSPS) is 20.0. The van der Waals surface area contributed by atoms with E-state index in [9.17, 15) is 9.59 Å². The van der Waals surface area contributed by atoms with Gasteiger partial charge in [0, 0.05) is 19.6 Å². The molecule has 1 atom stereocenters. The first kappa shape index (κ1) is 17.1. The Balaban J connectivity index is 1.44. The zero-order valence-corrected chi connectivity index (χ0v) is 15.4. The molecule has 136 valence electrons. The number of ether oxygens (including phenoxy) is 1. The topological polar surface area (TPSA) is 75.6 Å². The summed E-state index contributed by atoms with van der Waals surface area (Å²) in [5, 5.41) is 3.90. The summed E-state index contributed by atoms with van der Waals surface area (Å²) in [5.41, 5.74) is 3.11. The summed E-state index contributed by atoms with van der Waals surface area (Å²) in [6.45, 7) is 4.15. The lowest BCUT2D eigenvalue weighted by Gasteiger charge is -2.36. The highest BCUT2D eigenvalue weighted by molar-refractivity contribution is 7.07. The standard InChI is InChI=1S/C18H20N4O3S/c1-12-16(26-20-19-12)18(24)22-8-9-25-15(11-22)17(23)21-7-6-13-4-2-3-5-14(13)10-21/h2-5,15H,6-11H2,1H3. The van der Waals surface area contributed by atoms with Crippen molar-refractivity contribution in [2.45, 2.75) is 26.0 Å². The molecule has 1 unspecified atom stereocenters. The van der Waals surface area contributed by atoms with Crippen LogP contribution in [-0.2, 0) is 22.5 Å². The van der Waals surface area contributed by atoms with Gasteiger partial charge < -0.3 is 14.5 Å². The molecule has 2 amide bonds. The van der Waals surface area contributed by atoms with E-state index in [-0.39, 0.29) is 18.4 Å². The molecule has 8 heteroatoms. The largest absolute Gasteiger partial charge is 0.365 e. The van der Waals surface area contributed by atoms with Crippen molar-refractivity contribution in [3.63, 3.8) is 0 Å². The Hall–Kier alpha value is -2.32. The van der Waals surface area contributed by atoms with Crippen molar-refractivity contribution >= 4 is 23.3 Å². The maximum atomic E-state index is 12.9. The van der Waals surface area contributed by atoms with E-state index in [1.54, 1.807) is 11.8 Å². The molecular formula is C18H20N4O3S. The molecule has 3 heterocycles. The van der Waals surface area contributed by atoms with Gasteiger partial charge in [0.05, 0.1) is 18.8 Å². The number of morpholine rings is 1. The first-order valence-electron chi connectivity index (χ1n) is 8.69. The van der Waals surface area contributed by atoms with Crippen LogP contribution in [0.5, 0.6) is 0 Å². The number of fused-ring (bicyclic) bond motifs is 1. The van der Waals surface area contributed by atoms with Crippen LogP contribution in [0.15, 0.2) is 24.3 Å². The van der Waals surface area contributed by atoms with E-state index in [0.29, 0.717) is 36.8 Å². The van der Waals surface area contributed by atoms with Crippen molar-refractivity contribution in [1.29, 1.82) is 0 Å². The van der Waals surface area contributed by atoms with Crippen molar-refractivity contribution in [3.05, 3.63) is 46.0 Å². The van der Waals surface area contributed by atoms with Gasteiger partial charge in [-0.05, 0) is 36.0 Å². The Morgan fingerprint density at radius 2 is 2.00 bits per heavy atom. The Morgan fingerprint density at radius 3 is 2.77 bits per heavy atom. The van der Waals surface area contributed by atoms with Crippen LogP contribution >= 0.6 is 11.5 Å². The number of aryl methyl sites for hydroxylation is 1. The van der Waals surface area contributed by atoms with Gasteiger partial charge in [0.2, 0.25) is 0 Å². The summed E-state index contributed by atoms with van der Waals surface area (Å²) < 4.78 is 9.52. The number of nitrogens with zero attached hydrogens (tertiary/aromatic N) is 4. The van der Waals surface area contributed by atoms with Gasteiger partial charge in [-0.1, -0.05) is 28.8 Å². The zero-order chi connectivity index (χ0) is 18.1. The van der Waals surface area contributed by atoms with Crippen LogP contribution in [0.25, 0.3) is 0 Å². The second-order valence-corrected chi connectivity index (χ2v) is 7.33. The molecule has 2 aliphatic rings. The quantitative estimate of drug-likeness (QED) is 0.794. The van der Waals surface area contributed by atoms with Crippen LogP contribution in [0.3, 0.4) is 0 Å². The average molecular weight is 372 g/mol. The third kappa shape index (κ3) is 3.22. The summed E-state index contributed by atoms with van der Waals surface area (Å²) in [6, 6.07) is 8.20. The first-order valence-corrected chi connectivity index (χ1v) is 9.46. The SMILES string of the molecule is Cc1nnsc1C(=O)N1CCOC(C(=O)N2CCc3ccccc3C2)C1. The Kier molecular flexibility index (Phi) is 4.69. The summed E-state index contributed by atoms with van der Waals surface area (Å²) >= 11 is 1.09. The van der Waals surface area contributed by atoms with Crippen LogP contribution in [0.4, 0.5) is 0 Å². The Labute approximate surface area is 155 Å². The molecular weight excluding hydrogens is 352 g/mol. The van der Waals surface area contributed by atoms with E-state index in [1.807, 2.05) is 17.0 Å². The van der Waals surface area contributed by atoms with Crippen molar-refractivity contribution in [2.75, 3.05) is 26.2 Å². The molecule has 0 N–H and O–H groups in total. The van der Waals surface area contributed by atoms with Gasteiger partial charge in [-0.25, -0.2) is 0 Å². The number of carbonyl (C=O) groups excluding carboxylic acids is 2. The molecule has 2 aromatic rings. The van der Waals surface area contributed by atoms with E-state index < -0.39 is 6.10 Å². The molecule has 0 bridgehead atoms. The summed E-state index contributed by atoms with van der Waals surface area (Å²) in [4.78, 5) is 29.6. The van der Waals surface area contributed by atoms with Gasteiger partial charge in [0.1, 0.15) is 4.88 Å². The number of aromatic nitrogens is 2. The maximum absolute atomic E-state index is 12.9. The highest BCUT2D eigenvalue weighted by Crippen LogP contribution is 2.21. The highest BCUT2D eigenvalue weighted by Gasteiger charge is 2.34. The molecule has 1 aromatic carbocycles. The van der Waals surface area contributed by atoms with Gasteiger partial charge in [-0.3, -0.25) is 9.59 Å². The number of hydrogen-bond acceptors (Lipinski definition) is 6. The molecule has 2 aliphatic heterocycles. The minimum Gasteiger partial charge on any atom is -0.365 e. The van der Waals surface area contributed by atoms with Gasteiger partial charge in [-0.2, -0.15) is 0 Å². The lowest BCUT2D eigenvalue weighted by Crippen LogP contribution is -2.53. The fourth-order valence-corrected chi connectivity index (χ4v) is 4.07. The van der Waals surface area contributed by atoms with Crippen molar-refractivity contribution in [1.82, 2.24) is 19.4 Å². The second kappa shape index (κ2) is 7.13. The molecule has 7 nitrogen and oxygen atoms in total. The predicted octanol–water partition coefficient (Wildman–Crippen LogP) is 1.27. The molecule has 0 spiro atoms. The molecule has 4 rings (SSSR count). The van der Waals surface area contributed by atoms with E-state index in [1.165, 1.54) is 11.1 Å². The molecule has 26 heavy (non-hydrogen) atoms. The van der Waals surface area contributed by atoms with E-state index in [2.05, 4.69) is 21.7 Å². The molecule has 0 aliphatic carbocycles. The first-order chi connectivity index (χ1) is 12.6. The molecule has 1 aromatic heterocycles. The smallest absolute Gasteiger partial charge is 0.267 e. The Morgan fingerprint density at radius 1 is 1.19 bits per heavy atom. The lowest BCUT2D eigenvalue weighted by molar-refractivity contribution is -0.149. The summed E-state index contributed by atoms with van der Waals surface area (Å²) in [6.07, 6.45) is 0.238. The fraction of sp³-hybridized carbons (Fsp3) is 0.444. The van der Waals surface area contributed by atoms with Gasteiger partial charge in [-0.15, -0.1) is 5.10 Å². The minimum atomic E-state index is -0.612. The van der Waals surface area contributed by atoms with Crippen molar-refractivity contribution in [2.24, 2.45) is 0 Å². The van der Waals surface area contributed by atoms with Crippen molar-refractivity contribution < 1.29 is 14.3 Å². The number of carbonyl (C=O) groups is 2. The highest BCUT2D eigenvalue weighted by atomic mass is 32.1. The third-order valence-electron chi connectivity index (χ3n) is 4.92. The molecule has 1 saturated heterocycles. The zero-order valence-electron chi connectivity index (χ0n) is 14.6. The van der Waals surface area contributed by atoms with E-state index in [0.717, 1.165) is 18.0 Å². The van der Waals surface area contributed by atoms with Crippen LogP contribution < -0.4 is 0 Å². The second-order valence-electron chi connectivity index (χ2n) is 6.58. The van der Waals surface area contributed by atoms with E-state index in [4.69, 9.17) is 4.74 Å². The van der Waals surface area contributed by atoms with Crippen LogP contribution in [0, 0.1) is 6.92 Å². The van der Waals surface area contributed by atoms with Crippen molar-refractivity contribution in [3.8, 4) is 0 Å². The van der Waals surface area contributed by atoms with Gasteiger partial charge >= 0.3 is 0 Å². The van der Waals surface area contributed by atoms with Gasteiger partial charge in [0.25, 0.3) is 11.8 Å². The lowest BCUT2D eigenvalue weighted by atomic mass is 9.99. The third-order valence-corrected chi connectivity index (χ3v) is 5.73. The number of amides is 2. The monoisotopic (exact) mass is 372 g/mol. The minimum absolute atomic E-state index is 0.0452. The molecule has 0 saturated carbocycles. The number of rotatable bonds is 2. The average Bonchev–Trinajstić information content (AvgIpc) is 3.12. The van der Waals surface area contributed by atoms with Crippen LogP contribution in [0.2, 0.25) is 0 Å². The van der Waals surface area contributed by atoms with Crippen LogP contribution in [0.1, 0.15) is 26.5 Å². The van der Waals surface area contributed by atoms with Crippen LogP contribution in [-0.4, -0.2) is 63.5 Å². The summed E-state index contributed by atoms with van der Waals surface area (Å²) in [7, 11) is 0. The number of benzene rings is 1. The summed E-state index contributed by atoms with van der Waals surface area (Å²) in [5.74, 6) is -0.168. The Bertz CT molecular complexity index is 837. The fourth-order valence-electron chi connectivity index (χ4n) is 3.44. The molecule has 1 fully saturated rings. The van der Waals surface area contributed by atoms with E-state index >= 15 is 0 Å². The molecule has 0 radical (unpaired) electrons. The van der Waals surface area contributed by atoms with Gasteiger partial charge in [0.15, 0.2) is 6.10 Å².